The van der Waals surface area contributed by atoms with Crippen LogP contribution in [0.15, 0.2) is 45.5 Å². The smallest absolute Gasteiger partial charge is 0.291 e. The fraction of sp³-hybridized carbons (Fsp3) is 0.400. The first-order valence-electron chi connectivity index (χ1n) is 9.21. The van der Waals surface area contributed by atoms with Gasteiger partial charge in [-0.3, -0.25) is 9.59 Å². The Bertz CT molecular complexity index is 799. The van der Waals surface area contributed by atoms with E-state index in [1.165, 1.54) is 19.3 Å². The molecule has 1 aliphatic rings. The zero-order valence-corrected chi connectivity index (χ0v) is 16.9. The largest absolute Gasteiger partial charge is 0.444 e. The molecule has 1 fully saturated rings. The number of rotatable bonds is 6. The van der Waals surface area contributed by atoms with E-state index in [0.29, 0.717) is 15.9 Å². The Morgan fingerprint density at radius 3 is 2.63 bits per heavy atom. The van der Waals surface area contributed by atoms with E-state index < -0.39 is 0 Å². The van der Waals surface area contributed by atoms with Gasteiger partial charge in [-0.1, -0.05) is 12.5 Å². The van der Waals surface area contributed by atoms with Gasteiger partial charge in [-0.15, -0.1) is 0 Å². The third-order valence-corrected chi connectivity index (χ3v) is 4.96. The number of nitrogens with zero attached hydrogens (tertiary/aromatic N) is 1. The number of hydrogen-bond donors (Lipinski definition) is 2. The normalized spacial score (nSPS) is 15.9. The van der Waals surface area contributed by atoms with Gasteiger partial charge in [0.05, 0.1) is 0 Å². The summed E-state index contributed by atoms with van der Waals surface area (Å²) in [5, 5.41) is 5.79. The Morgan fingerprint density at radius 2 is 1.93 bits per heavy atom. The van der Waals surface area contributed by atoms with E-state index in [-0.39, 0.29) is 23.6 Å². The number of furan rings is 1. The third-order valence-electron chi connectivity index (χ3n) is 4.54. The van der Waals surface area contributed by atoms with Crippen molar-refractivity contribution in [3.63, 3.8) is 0 Å². The average Bonchev–Trinajstić information content (AvgIpc) is 3.09. The molecule has 2 amide bonds. The van der Waals surface area contributed by atoms with Crippen molar-refractivity contribution < 1.29 is 14.0 Å². The van der Waals surface area contributed by atoms with Crippen molar-refractivity contribution in [3.8, 4) is 0 Å². The number of benzene rings is 1. The maximum atomic E-state index is 12.5. The molecule has 144 valence electrons. The second kappa shape index (κ2) is 9.19. The predicted molar refractivity (Wildman–Crippen MR) is 108 cm³/mol. The fourth-order valence-corrected chi connectivity index (χ4v) is 3.56. The number of carbonyl (C=O) groups is 2. The standard InChI is InChI=1S/C20H24BrN3O3/c1-14(13-24-10-3-2-4-11-24)22-19(25)15-6-5-7-16(12-15)23-20(26)17-8-9-18(21)27-17/h5-9,12,14H,2-4,10-11,13H2,1H3,(H,22,25)(H,23,26). The molecule has 0 aliphatic carbocycles. The molecular formula is C20H24BrN3O3. The first kappa shape index (κ1) is 19.6. The summed E-state index contributed by atoms with van der Waals surface area (Å²) >= 11 is 3.17. The number of hydrogen-bond acceptors (Lipinski definition) is 4. The van der Waals surface area contributed by atoms with E-state index in [1.54, 1.807) is 36.4 Å². The van der Waals surface area contributed by atoms with E-state index in [1.807, 2.05) is 6.92 Å². The molecule has 1 unspecified atom stereocenters. The highest BCUT2D eigenvalue weighted by atomic mass is 79.9. The second-order valence-electron chi connectivity index (χ2n) is 6.87. The van der Waals surface area contributed by atoms with Crippen LogP contribution in [-0.4, -0.2) is 42.4 Å². The number of likely N-dealkylation sites (tertiary alicyclic amines) is 1. The predicted octanol–water partition coefficient (Wildman–Crippen LogP) is 3.90. The molecule has 0 spiro atoms. The van der Waals surface area contributed by atoms with E-state index in [2.05, 4.69) is 31.5 Å². The molecule has 1 aromatic heterocycles. The summed E-state index contributed by atoms with van der Waals surface area (Å²) in [6.45, 7) is 5.08. The van der Waals surface area contributed by atoms with Gasteiger partial charge in [-0.25, -0.2) is 0 Å². The lowest BCUT2D eigenvalue weighted by atomic mass is 10.1. The van der Waals surface area contributed by atoms with Crippen LogP contribution in [0.2, 0.25) is 0 Å². The van der Waals surface area contributed by atoms with Crippen LogP contribution in [0.25, 0.3) is 0 Å². The molecule has 0 radical (unpaired) electrons. The van der Waals surface area contributed by atoms with E-state index in [4.69, 9.17) is 4.42 Å². The van der Waals surface area contributed by atoms with Gasteiger partial charge in [-0.05, 0) is 79.1 Å². The average molecular weight is 434 g/mol. The first-order chi connectivity index (χ1) is 13.0. The van der Waals surface area contributed by atoms with Gasteiger partial charge in [0.1, 0.15) is 0 Å². The number of anilines is 1. The van der Waals surface area contributed by atoms with Crippen LogP contribution in [0.3, 0.4) is 0 Å². The molecule has 3 rings (SSSR count). The Labute approximate surface area is 167 Å². The van der Waals surface area contributed by atoms with Gasteiger partial charge < -0.3 is 20.0 Å². The van der Waals surface area contributed by atoms with Crippen molar-refractivity contribution in [2.24, 2.45) is 0 Å². The second-order valence-corrected chi connectivity index (χ2v) is 7.66. The summed E-state index contributed by atoms with van der Waals surface area (Å²) in [6.07, 6.45) is 3.76. The monoisotopic (exact) mass is 433 g/mol. The molecule has 2 aromatic rings. The molecule has 1 aromatic carbocycles. The third kappa shape index (κ3) is 5.68. The Kier molecular flexibility index (Phi) is 6.68. The van der Waals surface area contributed by atoms with Gasteiger partial charge in [0.2, 0.25) is 0 Å². The molecule has 2 heterocycles. The van der Waals surface area contributed by atoms with Gasteiger partial charge in [-0.2, -0.15) is 0 Å². The van der Waals surface area contributed by atoms with Crippen LogP contribution < -0.4 is 10.6 Å². The molecule has 1 atom stereocenters. The minimum absolute atomic E-state index is 0.0642. The number of carbonyl (C=O) groups excluding carboxylic acids is 2. The van der Waals surface area contributed by atoms with Crippen molar-refractivity contribution in [2.45, 2.75) is 32.2 Å². The maximum absolute atomic E-state index is 12.5. The number of halogens is 1. The van der Waals surface area contributed by atoms with E-state index in [0.717, 1.165) is 19.6 Å². The summed E-state index contributed by atoms with van der Waals surface area (Å²) in [7, 11) is 0. The van der Waals surface area contributed by atoms with Crippen molar-refractivity contribution in [2.75, 3.05) is 25.0 Å². The highest BCUT2D eigenvalue weighted by Gasteiger charge is 2.16. The minimum Gasteiger partial charge on any atom is -0.444 e. The van der Waals surface area contributed by atoms with Crippen LogP contribution in [0.1, 0.15) is 47.1 Å². The molecule has 1 aliphatic heterocycles. The topological polar surface area (TPSA) is 74.6 Å². The Morgan fingerprint density at radius 1 is 1.15 bits per heavy atom. The zero-order chi connectivity index (χ0) is 19.2. The van der Waals surface area contributed by atoms with Crippen LogP contribution in [0.5, 0.6) is 0 Å². The number of nitrogens with one attached hydrogen (secondary N) is 2. The highest BCUT2D eigenvalue weighted by Crippen LogP contribution is 2.17. The Hall–Kier alpha value is -2.12. The summed E-state index contributed by atoms with van der Waals surface area (Å²) in [4.78, 5) is 27.1. The van der Waals surface area contributed by atoms with Crippen molar-refractivity contribution in [1.82, 2.24) is 10.2 Å². The quantitative estimate of drug-likeness (QED) is 0.724. The minimum atomic E-state index is -0.364. The molecule has 27 heavy (non-hydrogen) atoms. The lowest BCUT2D eigenvalue weighted by Gasteiger charge is -2.29. The summed E-state index contributed by atoms with van der Waals surface area (Å²) in [5.74, 6) is -0.306. The number of piperidine rings is 1. The first-order valence-corrected chi connectivity index (χ1v) is 10.0. The highest BCUT2D eigenvalue weighted by molar-refractivity contribution is 9.10. The molecular weight excluding hydrogens is 410 g/mol. The molecule has 1 saturated heterocycles. The lowest BCUT2D eigenvalue weighted by molar-refractivity contribution is 0.0924. The van der Waals surface area contributed by atoms with Crippen LogP contribution in [0.4, 0.5) is 5.69 Å². The Balaban J connectivity index is 1.57. The molecule has 7 heteroatoms. The lowest BCUT2D eigenvalue weighted by Crippen LogP contribution is -2.43. The van der Waals surface area contributed by atoms with Crippen LogP contribution in [-0.2, 0) is 0 Å². The summed E-state index contributed by atoms with van der Waals surface area (Å²) < 4.78 is 5.73. The van der Waals surface area contributed by atoms with E-state index in [9.17, 15) is 9.59 Å². The molecule has 6 nitrogen and oxygen atoms in total. The maximum Gasteiger partial charge on any atom is 0.291 e. The number of amides is 2. The summed E-state index contributed by atoms with van der Waals surface area (Å²) in [5.41, 5.74) is 1.06. The van der Waals surface area contributed by atoms with Gasteiger partial charge in [0, 0.05) is 23.8 Å². The van der Waals surface area contributed by atoms with Crippen molar-refractivity contribution >= 4 is 33.4 Å². The van der Waals surface area contributed by atoms with E-state index >= 15 is 0 Å². The summed E-state index contributed by atoms with van der Waals surface area (Å²) in [6, 6.07) is 10.2. The molecule has 2 N–H and O–H groups in total. The van der Waals surface area contributed by atoms with Gasteiger partial charge in [0.15, 0.2) is 10.4 Å². The van der Waals surface area contributed by atoms with Crippen LogP contribution in [0, 0.1) is 0 Å². The van der Waals surface area contributed by atoms with Crippen LogP contribution >= 0.6 is 15.9 Å². The molecule has 0 saturated carbocycles. The van der Waals surface area contributed by atoms with Crippen molar-refractivity contribution in [1.29, 1.82) is 0 Å². The SMILES string of the molecule is CC(CN1CCCCC1)NC(=O)c1cccc(NC(=O)c2ccc(Br)o2)c1. The van der Waals surface area contributed by atoms with Gasteiger partial charge in [0.25, 0.3) is 11.8 Å². The van der Waals surface area contributed by atoms with Gasteiger partial charge >= 0.3 is 0 Å². The van der Waals surface area contributed by atoms with Crippen molar-refractivity contribution in [3.05, 3.63) is 52.4 Å². The fourth-order valence-electron chi connectivity index (χ4n) is 3.25. The zero-order valence-electron chi connectivity index (χ0n) is 15.3. The molecule has 0 bridgehead atoms.